The second-order valence-electron chi connectivity index (χ2n) is 7.12. The number of Topliss-reactive ketones (excluding diaryl/α,β-unsaturated/α-hetero) is 1. The van der Waals surface area contributed by atoms with Gasteiger partial charge < -0.3 is 10.2 Å². The molecule has 0 spiro atoms. The Balaban J connectivity index is 1.42. The molecule has 1 aromatic rings. The highest BCUT2D eigenvalue weighted by molar-refractivity contribution is 5.98. The fourth-order valence-electron chi connectivity index (χ4n) is 3.89. The maximum atomic E-state index is 12.5. The molecule has 2 fully saturated rings. The Bertz CT molecular complexity index is 544. The number of nitrogens with zero attached hydrogens (tertiary/aromatic N) is 1. The third-order valence-corrected chi connectivity index (χ3v) is 5.50. The predicted octanol–water partition coefficient (Wildman–Crippen LogP) is 2.89. The lowest BCUT2D eigenvalue weighted by atomic mass is 9.88. The van der Waals surface area contributed by atoms with Gasteiger partial charge in [-0.05, 0) is 51.1 Å². The molecule has 0 aliphatic carbocycles. The number of carbonyl (C=O) groups is 2. The molecule has 0 bridgehead atoms. The van der Waals surface area contributed by atoms with Crippen molar-refractivity contribution >= 4 is 11.7 Å². The van der Waals surface area contributed by atoms with Crippen molar-refractivity contribution in [1.29, 1.82) is 0 Å². The number of hydrogen-bond donors (Lipinski definition) is 1. The summed E-state index contributed by atoms with van der Waals surface area (Å²) in [6, 6.07) is 9.53. The first-order valence-electron chi connectivity index (χ1n) is 9.32. The van der Waals surface area contributed by atoms with Gasteiger partial charge in [0.2, 0.25) is 5.91 Å². The van der Waals surface area contributed by atoms with E-state index in [1.54, 1.807) is 0 Å². The van der Waals surface area contributed by atoms with Gasteiger partial charge in [0.25, 0.3) is 0 Å². The summed E-state index contributed by atoms with van der Waals surface area (Å²) in [4.78, 5) is 26.9. The van der Waals surface area contributed by atoms with E-state index in [0.717, 1.165) is 51.0 Å². The van der Waals surface area contributed by atoms with Crippen LogP contribution in [0.5, 0.6) is 0 Å². The molecule has 0 atom stereocenters. The van der Waals surface area contributed by atoms with Crippen LogP contribution in [0.4, 0.5) is 0 Å². The second kappa shape index (κ2) is 8.43. The molecule has 1 aromatic carbocycles. The van der Waals surface area contributed by atoms with Crippen molar-refractivity contribution in [3.8, 4) is 0 Å². The molecule has 4 heteroatoms. The Hall–Kier alpha value is -1.68. The molecular weight excluding hydrogens is 300 g/mol. The number of rotatable bonds is 5. The van der Waals surface area contributed by atoms with E-state index in [9.17, 15) is 9.59 Å². The Morgan fingerprint density at radius 3 is 2.33 bits per heavy atom. The molecular formula is C20H28N2O2. The second-order valence-corrected chi connectivity index (χ2v) is 7.12. The van der Waals surface area contributed by atoms with E-state index < -0.39 is 0 Å². The summed E-state index contributed by atoms with van der Waals surface area (Å²) in [5.74, 6) is 1.28. The van der Waals surface area contributed by atoms with Crippen LogP contribution in [-0.4, -0.2) is 42.8 Å². The quantitative estimate of drug-likeness (QED) is 0.846. The van der Waals surface area contributed by atoms with Gasteiger partial charge in [0, 0.05) is 31.0 Å². The van der Waals surface area contributed by atoms with Crippen molar-refractivity contribution in [2.45, 2.75) is 38.5 Å². The molecule has 0 saturated carbocycles. The summed E-state index contributed by atoms with van der Waals surface area (Å²) in [6.45, 7) is 3.64. The van der Waals surface area contributed by atoms with Gasteiger partial charge in [-0.25, -0.2) is 0 Å². The normalized spacial score (nSPS) is 20.1. The number of ketones is 1. The molecule has 1 N–H and O–H groups in total. The van der Waals surface area contributed by atoms with Gasteiger partial charge in [0.15, 0.2) is 5.78 Å². The monoisotopic (exact) mass is 328 g/mol. The lowest BCUT2D eigenvalue weighted by Crippen LogP contribution is -2.40. The van der Waals surface area contributed by atoms with E-state index in [0.29, 0.717) is 12.3 Å². The highest BCUT2D eigenvalue weighted by Gasteiger charge is 2.28. The largest absolute Gasteiger partial charge is 0.343 e. The predicted molar refractivity (Wildman–Crippen MR) is 94.9 cm³/mol. The first-order chi connectivity index (χ1) is 11.7. The minimum absolute atomic E-state index is 0.0702. The van der Waals surface area contributed by atoms with Gasteiger partial charge in [-0.3, -0.25) is 9.59 Å². The van der Waals surface area contributed by atoms with Crippen molar-refractivity contribution in [1.82, 2.24) is 10.2 Å². The topological polar surface area (TPSA) is 49.4 Å². The fraction of sp³-hybridized carbons (Fsp3) is 0.600. The van der Waals surface area contributed by atoms with Gasteiger partial charge in [-0.2, -0.15) is 0 Å². The van der Waals surface area contributed by atoms with Crippen LogP contribution < -0.4 is 5.32 Å². The Labute approximate surface area is 144 Å². The number of benzene rings is 1. The summed E-state index contributed by atoms with van der Waals surface area (Å²) < 4.78 is 0. The molecule has 130 valence electrons. The van der Waals surface area contributed by atoms with Gasteiger partial charge in [-0.1, -0.05) is 30.3 Å². The molecule has 4 nitrogen and oxygen atoms in total. The lowest BCUT2D eigenvalue weighted by molar-refractivity contribution is -0.132. The van der Waals surface area contributed by atoms with Crippen molar-refractivity contribution in [2.24, 2.45) is 11.8 Å². The minimum Gasteiger partial charge on any atom is -0.343 e. The van der Waals surface area contributed by atoms with E-state index in [4.69, 9.17) is 0 Å². The minimum atomic E-state index is 0.0702. The number of hydrogen-bond acceptors (Lipinski definition) is 3. The highest BCUT2D eigenvalue weighted by atomic mass is 16.2. The first-order valence-corrected chi connectivity index (χ1v) is 9.32. The zero-order chi connectivity index (χ0) is 16.8. The van der Waals surface area contributed by atoms with Crippen LogP contribution in [0.25, 0.3) is 0 Å². The zero-order valence-electron chi connectivity index (χ0n) is 14.4. The van der Waals surface area contributed by atoms with Crippen LogP contribution in [0.2, 0.25) is 0 Å². The lowest BCUT2D eigenvalue weighted by Gasteiger charge is -2.32. The molecule has 0 radical (unpaired) electrons. The average molecular weight is 328 g/mol. The van der Waals surface area contributed by atoms with E-state index in [-0.39, 0.29) is 17.6 Å². The molecule has 0 aromatic heterocycles. The van der Waals surface area contributed by atoms with Crippen LogP contribution in [0.1, 0.15) is 48.9 Å². The van der Waals surface area contributed by atoms with E-state index in [1.165, 1.54) is 12.8 Å². The molecule has 2 aliphatic rings. The standard InChI is InChI=1S/C20H28N2O2/c23-19(7-6-16-8-12-21-13-9-16)22-14-10-18(11-15-22)20(24)17-4-2-1-3-5-17/h1-5,16,18,21H,6-15H2. The Morgan fingerprint density at radius 1 is 1.00 bits per heavy atom. The van der Waals surface area contributed by atoms with Crippen molar-refractivity contribution < 1.29 is 9.59 Å². The summed E-state index contributed by atoms with van der Waals surface area (Å²) >= 11 is 0. The average Bonchev–Trinajstić information content (AvgIpc) is 2.67. The molecule has 2 heterocycles. The smallest absolute Gasteiger partial charge is 0.222 e. The van der Waals surface area contributed by atoms with Crippen molar-refractivity contribution in [2.75, 3.05) is 26.2 Å². The van der Waals surface area contributed by atoms with E-state index >= 15 is 0 Å². The van der Waals surface area contributed by atoms with Gasteiger partial charge in [0.05, 0.1) is 0 Å². The molecule has 0 unspecified atom stereocenters. The maximum absolute atomic E-state index is 12.5. The van der Waals surface area contributed by atoms with Crippen LogP contribution >= 0.6 is 0 Å². The van der Waals surface area contributed by atoms with Crippen LogP contribution in [0.15, 0.2) is 30.3 Å². The van der Waals surface area contributed by atoms with Crippen molar-refractivity contribution in [3.63, 3.8) is 0 Å². The Morgan fingerprint density at radius 2 is 1.67 bits per heavy atom. The van der Waals surface area contributed by atoms with Gasteiger partial charge >= 0.3 is 0 Å². The summed E-state index contributed by atoms with van der Waals surface area (Å²) in [7, 11) is 0. The molecule has 2 aliphatic heterocycles. The molecule has 2 saturated heterocycles. The van der Waals surface area contributed by atoms with E-state index in [1.807, 2.05) is 35.2 Å². The third kappa shape index (κ3) is 4.44. The molecule has 1 amide bonds. The zero-order valence-corrected chi connectivity index (χ0v) is 14.4. The number of amides is 1. The van der Waals surface area contributed by atoms with Gasteiger partial charge in [-0.15, -0.1) is 0 Å². The SMILES string of the molecule is O=C(c1ccccc1)C1CCN(C(=O)CCC2CCNCC2)CC1. The molecule has 24 heavy (non-hydrogen) atoms. The maximum Gasteiger partial charge on any atom is 0.222 e. The molecule has 3 rings (SSSR count). The summed E-state index contributed by atoms with van der Waals surface area (Å²) in [5.41, 5.74) is 0.799. The number of likely N-dealkylation sites (tertiary alicyclic amines) is 1. The Kier molecular flexibility index (Phi) is 6.02. The number of piperidine rings is 2. The highest BCUT2D eigenvalue weighted by Crippen LogP contribution is 2.24. The van der Waals surface area contributed by atoms with Crippen LogP contribution in [0.3, 0.4) is 0 Å². The van der Waals surface area contributed by atoms with Crippen LogP contribution in [-0.2, 0) is 4.79 Å². The van der Waals surface area contributed by atoms with Gasteiger partial charge in [0.1, 0.15) is 0 Å². The fourth-order valence-corrected chi connectivity index (χ4v) is 3.89. The number of nitrogens with one attached hydrogen (secondary N) is 1. The number of carbonyl (C=O) groups excluding carboxylic acids is 2. The van der Waals surface area contributed by atoms with Crippen LogP contribution in [0, 0.1) is 11.8 Å². The summed E-state index contributed by atoms with van der Waals surface area (Å²) in [6.07, 6.45) is 5.67. The van der Waals surface area contributed by atoms with E-state index in [2.05, 4.69) is 5.32 Å². The first kappa shape index (κ1) is 17.2. The summed E-state index contributed by atoms with van der Waals surface area (Å²) in [5, 5.41) is 3.37. The van der Waals surface area contributed by atoms with Crippen molar-refractivity contribution in [3.05, 3.63) is 35.9 Å². The third-order valence-electron chi connectivity index (χ3n) is 5.50.